The van der Waals surface area contributed by atoms with Crippen molar-refractivity contribution in [2.45, 2.75) is 52.9 Å². The molecule has 1 aromatic heterocycles. The number of rotatable bonds is 6. The molecule has 0 unspecified atom stereocenters. The highest BCUT2D eigenvalue weighted by atomic mass is 16.5. The van der Waals surface area contributed by atoms with Gasteiger partial charge < -0.3 is 14.6 Å². The number of nitrogens with one attached hydrogen (secondary N) is 1. The van der Waals surface area contributed by atoms with Gasteiger partial charge in [-0.25, -0.2) is 0 Å². The normalized spacial score (nSPS) is 12.0. The van der Waals surface area contributed by atoms with Crippen LogP contribution in [0.25, 0.3) is 0 Å². The molecule has 1 heterocycles. The third-order valence-electron chi connectivity index (χ3n) is 1.99. The molecular weight excluding hydrogens is 204 g/mol. The predicted octanol–water partition coefficient (Wildman–Crippen LogP) is 2.49. The minimum Gasteiger partial charge on any atom is -0.368 e. The van der Waals surface area contributed by atoms with E-state index in [4.69, 9.17) is 9.26 Å². The van der Waals surface area contributed by atoms with E-state index in [0.717, 1.165) is 31.0 Å². The average molecular weight is 226 g/mol. The van der Waals surface area contributed by atoms with Gasteiger partial charge in [-0.1, -0.05) is 12.1 Å². The van der Waals surface area contributed by atoms with Gasteiger partial charge >= 0.3 is 0 Å². The molecule has 0 spiro atoms. The Morgan fingerprint density at radius 1 is 1.44 bits per heavy atom. The van der Waals surface area contributed by atoms with E-state index in [0.29, 0.717) is 6.61 Å². The molecule has 0 aliphatic rings. The van der Waals surface area contributed by atoms with Crippen molar-refractivity contribution in [2.75, 3.05) is 6.54 Å². The Morgan fingerprint density at radius 3 is 2.81 bits per heavy atom. The summed E-state index contributed by atoms with van der Waals surface area (Å²) in [5.41, 5.74) is 0.786. The third kappa shape index (κ3) is 5.28. The van der Waals surface area contributed by atoms with Crippen LogP contribution in [0.4, 0.5) is 0 Å². The lowest BCUT2D eigenvalue weighted by atomic mass is 10.2. The van der Waals surface area contributed by atoms with E-state index < -0.39 is 0 Å². The molecule has 0 aliphatic heterocycles. The molecule has 1 N–H and O–H groups in total. The van der Waals surface area contributed by atoms with Crippen LogP contribution in [0.3, 0.4) is 0 Å². The van der Waals surface area contributed by atoms with Crippen LogP contribution in [0, 0.1) is 0 Å². The number of ether oxygens (including phenoxy) is 1. The topological polar surface area (TPSA) is 47.3 Å². The van der Waals surface area contributed by atoms with E-state index in [1.165, 1.54) is 0 Å². The second-order valence-electron chi connectivity index (χ2n) is 4.86. The number of hydrogen-bond donors (Lipinski definition) is 1. The molecular formula is C12H22N2O2. The molecule has 0 bridgehead atoms. The minimum absolute atomic E-state index is 0.145. The molecule has 0 aliphatic carbocycles. The van der Waals surface area contributed by atoms with Gasteiger partial charge in [0.1, 0.15) is 6.61 Å². The fourth-order valence-corrected chi connectivity index (χ4v) is 1.19. The molecule has 0 atom stereocenters. The Morgan fingerprint density at radius 2 is 2.19 bits per heavy atom. The monoisotopic (exact) mass is 226 g/mol. The zero-order valence-corrected chi connectivity index (χ0v) is 10.7. The molecule has 4 nitrogen and oxygen atoms in total. The molecule has 0 saturated carbocycles. The highest BCUT2D eigenvalue weighted by Gasteiger charge is 2.12. The standard InChI is InChI=1S/C12H22N2O2/c1-5-6-13-8-10-7-11(16-14-10)9-15-12(2,3)4/h7,13H,5-6,8-9H2,1-4H3. The van der Waals surface area contributed by atoms with Gasteiger partial charge in [0.2, 0.25) is 0 Å². The Bertz CT molecular complexity index is 302. The third-order valence-corrected chi connectivity index (χ3v) is 1.99. The van der Waals surface area contributed by atoms with Crippen LogP contribution in [0.15, 0.2) is 10.6 Å². The van der Waals surface area contributed by atoms with Crippen LogP contribution >= 0.6 is 0 Å². The van der Waals surface area contributed by atoms with Gasteiger partial charge in [0.15, 0.2) is 5.76 Å². The molecule has 4 heteroatoms. The second-order valence-corrected chi connectivity index (χ2v) is 4.86. The van der Waals surface area contributed by atoms with Crippen LogP contribution < -0.4 is 5.32 Å². The van der Waals surface area contributed by atoms with Crippen LogP contribution in [-0.2, 0) is 17.9 Å². The second kappa shape index (κ2) is 6.01. The van der Waals surface area contributed by atoms with Crippen LogP contribution in [-0.4, -0.2) is 17.3 Å². The quantitative estimate of drug-likeness (QED) is 0.757. The van der Waals surface area contributed by atoms with Crippen molar-refractivity contribution in [3.8, 4) is 0 Å². The molecule has 16 heavy (non-hydrogen) atoms. The summed E-state index contributed by atoms with van der Waals surface area (Å²) in [5, 5.41) is 7.24. The van der Waals surface area contributed by atoms with E-state index in [1.807, 2.05) is 26.8 Å². The van der Waals surface area contributed by atoms with Gasteiger partial charge in [-0.3, -0.25) is 0 Å². The van der Waals surface area contributed by atoms with Crippen LogP contribution in [0.2, 0.25) is 0 Å². The van der Waals surface area contributed by atoms with Crippen LogP contribution in [0.5, 0.6) is 0 Å². The summed E-state index contributed by atoms with van der Waals surface area (Å²) in [6, 6.07) is 1.94. The highest BCUT2D eigenvalue weighted by Crippen LogP contribution is 2.12. The number of nitrogens with zero attached hydrogens (tertiary/aromatic N) is 1. The summed E-state index contributed by atoms with van der Waals surface area (Å²) in [5.74, 6) is 0.781. The lowest BCUT2D eigenvalue weighted by Crippen LogP contribution is -2.18. The van der Waals surface area contributed by atoms with Crippen molar-refractivity contribution in [3.63, 3.8) is 0 Å². The largest absolute Gasteiger partial charge is 0.368 e. The molecule has 1 rings (SSSR count). The van der Waals surface area contributed by atoms with Crippen molar-refractivity contribution in [1.82, 2.24) is 10.5 Å². The van der Waals surface area contributed by atoms with Gasteiger partial charge in [-0.15, -0.1) is 0 Å². The Hall–Kier alpha value is -0.870. The first-order valence-corrected chi connectivity index (χ1v) is 5.80. The summed E-state index contributed by atoms with van der Waals surface area (Å²) in [6.07, 6.45) is 1.12. The van der Waals surface area contributed by atoms with Gasteiger partial charge in [0.25, 0.3) is 0 Å². The Labute approximate surface area is 97.3 Å². The van der Waals surface area contributed by atoms with E-state index in [2.05, 4.69) is 17.4 Å². The summed E-state index contributed by atoms with van der Waals surface area (Å²) >= 11 is 0. The first kappa shape index (κ1) is 13.2. The summed E-state index contributed by atoms with van der Waals surface area (Å²) < 4.78 is 10.8. The maximum Gasteiger partial charge on any atom is 0.162 e. The van der Waals surface area contributed by atoms with E-state index in [9.17, 15) is 0 Å². The van der Waals surface area contributed by atoms with Crippen molar-refractivity contribution in [2.24, 2.45) is 0 Å². The lowest BCUT2D eigenvalue weighted by Gasteiger charge is -2.17. The summed E-state index contributed by atoms with van der Waals surface area (Å²) in [6.45, 7) is 10.4. The van der Waals surface area contributed by atoms with Crippen molar-refractivity contribution >= 4 is 0 Å². The first-order chi connectivity index (χ1) is 7.51. The van der Waals surface area contributed by atoms with Crippen molar-refractivity contribution < 1.29 is 9.26 Å². The fourth-order valence-electron chi connectivity index (χ4n) is 1.19. The van der Waals surface area contributed by atoms with Gasteiger partial charge in [-0.05, 0) is 33.7 Å². The Kier molecular flexibility index (Phi) is 4.96. The SMILES string of the molecule is CCCNCc1cc(COC(C)(C)C)on1. The lowest BCUT2D eigenvalue weighted by molar-refractivity contribution is -0.0241. The smallest absolute Gasteiger partial charge is 0.162 e. The maximum absolute atomic E-state index is 5.60. The molecule has 0 radical (unpaired) electrons. The molecule has 0 amide bonds. The van der Waals surface area contributed by atoms with Crippen LogP contribution in [0.1, 0.15) is 45.6 Å². The zero-order valence-electron chi connectivity index (χ0n) is 10.7. The summed E-state index contributed by atoms with van der Waals surface area (Å²) in [4.78, 5) is 0. The average Bonchev–Trinajstić information content (AvgIpc) is 2.62. The van der Waals surface area contributed by atoms with Gasteiger partial charge in [-0.2, -0.15) is 0 Å². The molecule has 92 valence electrons. The highest BCUT2D eigenvalue weighted by molar-refractivity contribution is 5.04. The first-order valence-electron chi connectivity index (χ1n) is 5.80. The van der Waals surface area contributed by atoms with E-state index in [-0.39, 0.29) is 5.60 Å². The van der Waals surface area contributed by atoms with Crippen molar-refractivity contribution in [3.05, 3.63) is 17.5 Å². The zero-order chi connectivity index (χ0) is 12.0. The molecule has 0 saturated heterocycles. The summed E-state index contributed by atoms with van der Waals surface area (Å²) in [7, 11) is 0. The molecule has 1 aromatic rings. The minimum atomic E-state index is -0.145. The van der Waals surface area contributed by atoms with Gasteiger partial charge in [0, 0.05) is 12.6 Å². The van der Waals surface area contributed by atoms with E-state index in [1.54, 1.807) is 0 Å². The number of hydrogen-bond acceptors (Lipinski definition) is 4. The molecule has 0 aromatic carbocycles. The Balaban J connectivity index is 2.33. The van der Waals surface area contributed by atoms with E-state index >= 15 is 0 Å². The van der Waals surface area contributed by atoms with Crippen molar-refractivity contribution in [1.29, 1.82) is 0 Å². The molecule has 0 fully saturated rings. The van der Waals surface area contributed by atoms with Gasteiger partial charge in [0.05, 0.1) is 11.3 Å². The maximum atomic E-state index is 5.60. The number of aromatic nitrogens is 1. The predicted molar refractivity (Wildman–Crippen MR) is 63.0 cm³/mol. The fraction of sp³-hybridized carbons (Fsp3) is 0.750.